The third kappa shape index (κ3) is 7.38. The van der Waals surface area contributed by atoms with Crippen molar-refractivity contribution < 1.29 is 9.22 Å². The van der Waals surface area contributed by atoms with Gasteiger partial charge in [0, 0.05) is 7.05 Å². The van der Waals surface area contributed by atoms with Gasteiger partial charge in [-0.05, 0) is 6.04 Å². The van der Waals surface area contributed by atoms with Crippen LogP contribution in [0.3, 0.4) is 0 Å². The maximum atomic E-state index is 10.5. The lowest BCUT2D eigenvalue weighted by molar-refractivity contribution is 0.205. The van der Waals surface area contributed by atoms with Crippen molar-refractivity contribution in [1.29, 1.82) is 0 Å². The molecule has 0 aromatic heterocycles. The number of hydrogen-bond acceptors (Lipinski definition) is 2. The van der Waals surface area contributed by atoms with Gasteiger partial charge in [0.15, 0.2) is 0 Å². The third-order valence-corrected chi connectivity index (χ3v) is 2.69. The zero-order valence-corrected chi connectivity index (χ0v) is 8.77. The molecular weight excluding hydrogens is 158 g/mol. The number of nitrogens with one attached hydrogen (secondary N) is 1. The van der Waals surface area contributed by atoms with Crippen LogP contribution in [0.2, 0.25) is 6.04 Å². The van der Waals surface area contributed by atoms with Crippen LogP contribution in [0.5, 0.6) is 0 Å². The summed E-state index contributed by atoms with van der Waals surface area (Å²) < 4.78 is 4.93. The molecule has 1 amide bonds. The molecule has 0 unspecified atom stereocenters. The second-order valence-corrected chi connectivity index (χ2v) is 3.85. The Labute approximate surface area is 70.5 Å². The average molecular weight is 175 g/mol. The SMILES string of the molecule is CCCCC[SiH2]OC(=O)NC. The second kappa shape index (κ2) is 7.59. The molecule has 0 saturated carbocycles. The molecule has 1 N–H and O–H groups in total. The Kier molecular flexibility index (Phi) is 7.24. The molecule has 11 heavy (non-hydrogen) atoms. The van der Waals surface area contributed by atoms with Gasteiger partial charge in [-0.15, -0.1) is 0 Å². The maximum absolute atomic E-state index is 10.5. The maximum Gasteiger partial charge on any atom is 0.392 e. The lowest BCUT2D eigenvalue weighted by Gasteiger charge is -2.02. The number of rotatable bonds is 5. The van der Waals surface area contributed by atoms with E-state index in [-0.39, 0.29) is 6.09 Å². The molecule has 0 aromatic carbocycles. The van der Waals surface area contributed by atoms with Crippen LogP contribution in [-0.4, -0.2) is 22.9 Å². The van der Waals surface area contributed by atoms with E-state index >= 15 is 0 Å². The van der Waals surface area contributed by atoms with E-state index in [1.54, 1.807) is 7.05 Å². The summed E-state index contributed by atoms with van der Waals surface area (Å²) in [6.45, 7) is 2.17. The van der Waals surface area contributed by atoms with E-state index in [0.29, 0.717) is 0 Å². The normalized spacial score (nSPS) is 10.4. The molecule has 0 fully saturated rings. The van der Waals surface area contributed by atoms with Gasteiger partial charge in [0.1, 0.15) is 0 Å². The minimum atomic E-state index is -0.579. The van der Waals surface area contributed by atoms with Crippen molar-refractivity contribution in [2.45, 2.75) is 32.2 Å². The van der Waals surface area contributed by atoms with Gasteiger partial charge < -0.3 is 9.74 Å². The molecule has 0 saturated heterocycles. The van der Waals surface area contributed by atoms with Crippen molar-refractivity contribution in [3.63, 3.8) is 0 Å². The standard InChI is InChI=1S/C7H17NO2Si/c1-3-4-5-6-11-10-7(9)8-2/h3-6,11H2,1-2H3,(H,8,9). The topological polar surface area (TPSA) is 38.3 Å². The van der Waals surface area contributed by atoms with Crippen molar-refractivity contribution in [2.75, 3.05) is 7.05 Å². The molecule has 0 bridgehead atoms. The Hall–Kier alpha value is -0.513. The average Bonchev–Trinajstić information content (AvgIpc) is 2.04. The van der Waals surface area contributed by atoms with E-state index in [9.17, 15) is 4.79 Å². The zero-order valence-electron chi connectivity index (χ0n) is 7.35. The highest BCUT2D eigenvalue weighted by molar-refractivity contribution is 6.30. The minimum Gasteiger partial charge on any atom is -0.509 e. The predicted molar refractivity (Wildman–Crippen MR) is 48.4 cm³/mol. The first kappa shape index (κ1) is 10.5. The van der Waals surface area contributed by atoms with E-state index in [1.807, 2.05) is 0 Å². The fraction of sp³-hybridized carbons (Fsp3) is 0.857. The van der Waals surface area contributed by atoms with Crippen molar-refractivity contribution in [3.05, 3.63) is 0 Å². The van der Waals surface area contributed by atoms with E-state index in [0.717, 1.165) is 6.04 Å². The van der Waals surface area contributed by atoms with Gasteiger partial charge in [-0.2, -0.15) is 0 Å². The number of unbranched alkanes of at least 4 members (excludes halogenated alkanes) is 2. The highest BCUT2D eigenvalue weighted by Crippen LogP contribution is 1.98. The smallest absolute Gasteiger partial charge is 0.392 e. The zero-order chi connectivity index (χ0) is 8.53. The van der Waals surface area contributed by atoms with Gasteiger partial charge in [0.05, 0.1) is 0 Å². The summed E-state index contributed by atoms with van der Waals surface area (Å²) in [6.07, 6.45) is 3.42. The highest BCUT2D eigenvalue weighted by atomic mass is 28.2. The van der Waals surface area contributed by atoms with Crippen LogP contribution in [0.1, 0.15) is 26.2 Å². The quantitative estimate of drug-likeness (QED) is 0.501. The van der Waals surface area contributed by atoms with Crippen LogP contribution < -0.4 is 5.32 Å². The summed E-state index contributed by atoms with van der Waals surface area (Å²) in [4.78, 5) is 10.5. The van der Waals surface area contributed by atoms with Crippen molar-refractivity contribution in [2.24, 2.45) is 0 Å². The molecule has 66 valence electrons. The molecule has 0 aliphatic heterocycles. The summed E-state index contributed by atoms with van der Waals surface area (Å²) in [7, 11) is 1.01. The van der Waals surface area contributed by atoms with Crippen molar-refractivity contribution in [3.8, 4) is 0 Å². The molecule has 0 spiro atoms. The highest BCUT2D eigenvalue weighted by Gasteiger charge is 1.96. The molecule has 0 heterocycles. The molecule has 0 rings (SSSR count). The number of carbonyl (C=O) groups excluding carboxylic acids is 1. The molecule has 0 radical (unpaired) electrons. The van der Waals surface area contributed by atoms with Crippen molar-refractivity contribution in [1.82, 2.24) is 5.32 Å². The summed E-state index contributed by atoms with van der Waals surface area (Å²) >= 11 is 0. The van der Waals surface area contributed by atoms with Gasteiger partial charge in [-0.1, -0.05) is 26.2 Å². The summed E-state index contributed by atoms with van der Waals surface area (Å²) in [5.41, 5.74) is 0. The fourth-order valence-electron chi connectivity index (χ4n) is 0.766. The second-order valence-electron chi connectivity index (χ2n) is 2.45. The lowest BCUT2D eigenvalue weighted by Crippen LogP contribution is -2.20. The Bertz CT molecular complexity index is 109. The van der Waals surface area contributed by atoms with Crippen LogP contribution in [0.4, 0.5) is 4.79 Å². The molecule has 0 aliphatic carbocycles. The predicted octanol–water partition coefficient (Wildman–Crippen LogP) is 1.03. The Balaban J connectivity index is 2.95. The van der Waals surface area contributed by atoms with Gasteiger partial charge in [0.2, 0.25) is 9.76 Å². The van der Waals surface area contributed by atoms with Gasteiger partial charge in [-0.3, -0.25) is 0 Å². The molecule has 3 nitrogen and oxygen atoms in total. The van der Waals surface area contributed by atoms with Crippen LogP contribution in [0.25, 0.3) is 0 Å². The number of amides is 1. The molecule has 0 aromatic rings. The first-order valence-corrected chi connectivity index (χ1v) is 5.73. The monoisotopic (exact) mass is 175 g/mol. The van der Waals surface area contributed by atoms with E-state index in [4.69, 9.17) is 4.43 Å². The third-order valence-electron chi connectivity index (χ3n) is 1.44. The minimum absolute atomic E-state index is 0.270. The van der Waals surface area contributed by atoms with Gasteiger partial charge >= 0.3 is 6.09 Å². The van der Waals surface area contributed by atoms with E-state index in [1.165, 1.54) is 19.3 Å². The molecular formula is C7H17NO2Si. The van der Waals surface area contributed by atoms with Crippen LogP contribution >= 0.6 is 0 Å². The summed E-state index contributed by atoms with van der Waals surface area (Å²) in [5, 5.41) is 2.43. The fourth-order valence-corrected chi connectivity index (χ4v) is 1.80. The lowest BCUT2D eigenvalue weighted by atomic mass is 10.3. The van der Waals surface area contributed by atoms with Gasteiger partial charge in [0.25, 0.3) is 0 Å². The Morgan fingerprint density at radius 1 is 1.55 bits per heavy atom. The van der Waals surface area contributed by atoms with Crippen LogP contribution in [0.15, 0.2) is 0 Å². The number of carbonyl (C=O) groups is 1. The first-order valence-electron chi connectivity index (χ1n) is 4.15. The Morgan fingerprint density at radius 3 is 2.82 bits per heavy atom. The molecule has 4 heteroatoms. The molecule has 0 aliphatic rings. The van der Waals surface area contributed by atoms with Crippen molar-refractivity contribution >= 4 is 15.9 Å². The van der Waals surface area contributed by atoms with Crippen LogP contribution in [-0.2, 0) is 4.43 Å². The van der Waals surface area contributed by atoms with Crippen LogP contribution in [0, 0.1) is 0 Å². The number of hydrogen-bond donors (Lipinski definition) is 1. The van der Waals surface area contributed by atoms with E-state index < -0.39 is 9.76 Å². The summed E-state index contributed by atoms with van der Waals surface area (Å²) in [5.74, 6) is 0. The summed E-state index contributed by atoms with van der Waals surface area (Å²) in [6, 6.07) is 1.11. The van der Waals surface area contributed by atoms with Gasteiger partial charge in [-0.25, -0.2) is 4.79 Å². The van der Waals surface area contributed by atoms with E-state index in [2.05, 4.69) is 12.2 Å². The first-order chi connectivity index (χ1) is 5.31. The molecule has 0 atom stereocenters. The Morgan fingerprint density at radius 2 is 2.27 bits per heavy atom. The largest absolute Gasteiger partial charge is 0.509 e.